The van der Waals surface area contributed by atoms with Gasteiger partial charge in [-0.15, -0.1) is 0 Å². The van der Waals surface area contributed by atoms with E-state index in [1.165, 1.54) is 38.5 Å². The minimum atomic E-state index is -4.52. The predicted octanol–water partition coefficient (Wildman–Crippen LogP) is 5.64. The third kappa shape index (κ3) is 4.73. The maximum Gasteiger partial charge on any atom is 0.419 e. The van der Waals surface area contributed by atoms with E-state index in [9.17, 15) is 13.2 Å². The van der Waals surface area contributed by atoms with Gasteiger partial charge < -0.3 is 15.2 Å². The Morgan fingerprint density at radius 1 is 1.10 bits per heavy atom. The van der Waals surface area contributed by atoms with Crippen molar-refractivity contribution in [1.29, 1.82) is 0 Å². The highest BCUT2D eigenvalue weighted by molar-refractivity contribution is 5.62. The van der Waals surface area contributed by atoms with Crippen LogP contribution in [0.3, 0.4) is 0 Å². The van der Waals surface area contributed by atoms with Crippen molar-refractivity contribution in [3.05, 3.63) is 29.8 Å². The number of alkyl halides is 3. The lowest BCUT2D eigenvalue weighted by Crippen LogP contribution is -2.44. The molecule has 5 nitrogen and oxygen atoms in total. The van der Waals surface area contributed by atoms with Crippen molar-refractivity contribution >= 4 is 5.82 Å². The smallest absolute Gasteiger partial charge is 0.383 e. The van der Waals surface area contributed by atoms with Gasteiger partial charge >= 0.3 is 6.18 Å². The zero-order chi connectivity index (χ0) is 22.2. The predicted molar refractivity (Wildman–Crippen MR) is 116 cm³/mol. The molecule has 31 heavy (non-hydrogen) atoms. The SMILES string of the molecule is CCC.Nc1ncc(-c2cn(C3CC(N4CCCC4)C3)c(C3CC3)n2)cc1C(F)(F)F. The number of hydrogen-bond acceptors (Lipinski definition) is 4. The fraction of sp³-hybridized carbons (Fsp3) is 0.652. The number of rotatable bonds is 4. The van der Waals surface area contributed by atoms with Gasteiger partial charge in [0.05, 0.1) is 11.3 Å². The Hall–Kier alpha value is -2.09. The van der Waals surface area contributed by atoms with Crippen LogP contribution in [0.2, 0.25) is 0 Å². The lowest BCUT2D eigenvalue weighted by molar-refractivity contribution is -0.137. The van der Waals surface area contributed by atoms with Crippen LogP contribution in [0.4, 0.5) is 19.0 Å². The molecule has 170 valence electrons. The number of pyridine rings is 1. The van der Waals surface area contributed by atoms with E-state index in [-0.39, 0.29) is 0 Å². The first-order valence-electron chi connectivity index (χ1n) is 11.5. The molecular weight excluding hydrogens is 403 g/mol. The molecule has 0 bridgehead atoms. The summed E-state index contributed by atoms with van der Waals surface area (Å²) < 4.78 is 41.8. The van der Waals surface area contributed by atoms with Gasteiger partial charge in [-0.1, -0.05) is 20.3 Å². The van der Waals surface area contributed by atoms with Crippen LogP contribution in [0.1, 0.15) is 82.1 Å². The van der Waals surface area contributed by atoms with Gasteiger partial charge in [0.15, 0.2) is 0 Å². The lowest BCUT2D eigenvalue weighted by Gasteiger charge is -2.42. The molecule has 3 fully saturated rings. The second kappa shape index (κ2) is 8.81. The van der Waals surface area contributed by atoms with Crippen molar-refractivity contribution in [3.8, 4) is 11.3 Å². The van der Waals surface area contributed by atoms with Gasteiger partial charge in [-0.3, -0.25) is 0 Å². The van der Waals surface area contributed by atoms with E-state index in [2.05, 4.69) is 28.3 Å². The first-order chi connectivity index (χ1) is 14.8. The van der Waals surface area contributed by atoms with Crippen molar-refractivity contribution in [2.75, 3.05) is 18.8 Å². The summed E-state index contributed by atoms with van der Waals surface area (Å²) in [5.74, 6) is 0.958. The van der Waals surface area contributed by atoms with Crippen molar-refractivity contribution < 1.29 is 13.2 Å². The number of nitrogen functional groups attached to an aromatic ring is 1. The summed E-state index contributed by atoms with van der Waals surface area (Å²) >= 11 is 0. The molecule has 2 aromatic heterocycles. The Labute approximate surface area is 181 Å². The zero-order valence-corrected chi connectivity index (χ0v) is 18.3. The van der Waals surface area contributed by atoms with E-state index in [4.69, 9.17) is 10.7 Å². The largest absolute Gasteiger partial charge is 0.419 e. The van der Waals surface area contributed by atoms with Gasteiger partial charge in [-0.2, -0.15) is 13.2 Å². The highest BCUT2D eigenvalue weighted by Crippen LogP contribution is 2.45. The molecule has 3 heterocycles. The summed E-state index contributed by atoms with van der Waals surface area (Å²) in [4.78, 5) is 11.1. The van der Waals surface area contributed by atoms with Crippen LogP contribution < -0.4 is 5.73 Å². The van der Waals surface area contributed by atoms with Crippen LogP contribution >= 0.6 is 0 Å². The highest BCUT2D eigenvalue weighted by atomic mass is 19.4. The number of likely N-dealkylation sites (tertiary alicyclic amines) is 1. The monoisotopic (exact) mass is 435 g/mol. The van der Waals surface area contributed by atoms with Crippen LogP contribution in [-0.4, -0.2) is 38.6 Å². The molecule has 1 aliphatic heterocycles. The minimum Gasteiger partial charge on any atom is -0.383 e. The second-order valence-corrected chi connectivity index (χ2v) is 9.05. The van der Waals surface area contributed by atoms with Crippen LogP contribution in [0, 0.1) is 0 Å². The fourth-order valence-electron chi connectivity index (χ4n) is 4.52. The molecule has 8 heteroatoms. The average molecular weight is 436 g/mol. The first-order valence-corrected chi connectivity index (χ1v) is 11.5. The number of nitrogens with zero attached hydrogens (tertiary/aromatic N) is 4. The molecule has 2 aliphatic carbocycles. The van der Waals surface area contributed by atoms with Gasteiger partial charge in [0.2, 0.25) is 0 Å². The van der Waals surface area contributed by atoms with Gasteiger partial charge in [0, 0.05) is 36.0 Å². The molecule has 0 amide bonds. The van der Waals surface area contributed by atoms with Gasteiger partial charge in [0.1, 0.15) is 11.6 Å². The van der Waals surface area contributed by atoms with Crippen molar-refractivity contribution in [3.63, 3.8) is 0 Å². The lowest BCUT2D eigenvalue weighted by atomic mass is 9.85. The Kier molecular flexibility index (Phi) is 6.28. The first kappa shape index (κ1) is 22.1. The number of imidazole rings is 1. The Morgan fingerprint density at radius 3 is 2.32 bits per heavy atom. The number of aromatic nitrogens is 3. The van der Waals surface area contributed by atoms with E-state index in [0.717, 1.165) is 37.6 Å². The van der Waals surface area contributed by atoms with Crippen molar-refractivity contribution in [2.24, 2.45) is 0 Å². The molecular formula is C23H32F3N5. The molecule has 0 radical (unpaired) electrons. The van der Waals surface area contributed by atoms with Crippen LogP contribution in [0.5, 0.6) is 0 Å². The molecule has 2 aromatic rings. The normalized spacial score (nSPS) is 23.9. The number of nitrogens with two attached hydrogens (primary N) is 1. The minimum absolute atomic E-state index is 0.373. The third-order valence-electron chi connectivity index (χ3n) is 6.36. The van der Waals surface area contributed by atoms with Gasteiger partial charge in [0.25, 0.3) is 0 Å². The van der Waals surface area contributed by atoms with Crippen LogP contribution in [-0.2, 0) is 6.18 Å². The summed E-state index contributed by atoms with van der Waals surface area (Å²) in [5.41, 5.74) is 5.47. The number of anilines is 1. The number of hydrogen-bond donors (Lipinski definition) is 1. The second-order valence-electron chi connectivity index (χ2n) is 9.05. The topological polar surface area (TPSA) is 60.0 Å². The summed E-state index contributed by atoms with van der Waals surface area (Å²) in [6.07, 6.45) is 7.02. The molecule has 1 saturated heterocycles. The van der Waals surface area contributed by atoms with Crippen LogP contribution in [0.25, 0.3) is 11.3 Å². The molecule has 3 aliphatic rings. The maximum absolute atomic E-state index is 13.2. The summed E-state index contributed by atoms with van der Waals surface area (Å²) in [7, 11) is 0. The zero-order valence-electron chi connectivity index (χ0n) is 18.3. The van der Waals surface area contributed by atoms with E-state index < -0.39 is 17.6 Å². The van der Waals surface area contributed by atoms with E-state index in [1.807, 2.05) is 6.20 Å². The highest BCUT2D eigenvalue weighted by Gasteiger charge is 2.39. The van der Waals surface area contributed by atoms with E-state index in [0.29, 0.717) is 29.3 Å². The van der Waals surface area contributed by atoms with E-state index in [1.54, 1.807) is 0 Å². The molecule has 0 spiro atoms. The molecule has 5 rings (SSSR count). The molecule has 0 atom stereocenters. The Bertz CT molecular complexity index is 891. The molecule has 2 saturated carbocycles. The number of halogens is 3. The van der Waals surface area contributed by atoms with Crippen molar-refractivity contribution in [2.45, 2.75) is 83.0 Å². The van der Waals surface area contributed by atoms with E-state index >= 15 is 0 Å². The molecule has 0 aromatic carbocycles. The Balaban J connectivity index is 0.000000730. The molecule has 2 N–H and O–H groups in total. The average Bonchev–Trinajstić information content (AvgIpc) is 3.20. The standard InChI is InChI=1S/C20H24F3N5.C3H8/c21-20(22,23)16-7-13(10-25-18(16)24)17-11-28(19(26-17)12-3-4-12)15-8-14(9-15)27-5-1-2-6-27;1-3-2/h7,10-12,14-15H,1-6,8-9H2,(H2,24,25);3H2,1-2H3. The summed E-state index contributed by atoms with van der Waals surface area (Å²) in [6.45, 7) is 6.64. The quantitative estimate of drug-likeness (QED) is 0.675. The summed E-state index contributed by atoms with van der Waals surface area (Å²) in [6, 6.07) is 2.10. The fourth-order valence-corrected chi connectivity index (χ4v) is 4.52. The van der Waals surface area contributed by atoms with Crippen molar-refractivity contribution in [1.82, 2.24) is 19.4 Å². The third-order valence-corrected chi connectivity index (χ3v) is 6.36. The Morgan fingerprint density at radius 2 is 1.74 bits per heavy atom. The maximum atomic E-state index is 13.2. The molecule has 0 unspecified atom stereocenters. The van der Waals surface area contributed by atoms with Gasteiger partial charge in [-0.25, -0.2) is 9.97 Å². The summed E-state index contributed by atoms with van der Waals surface area (Å²) in [5, 5.41) is 0. The van der Waals surface area contributed by atoms with Gasteiger partial charge in [-0.05, 0) is 57.7 Å². The van der Waals surface area contributed by atoms with Crippen LogP contribution in [0.15, 0.2) is 18.5 Å².